The van der Waals surface area contributed by atoms with E-state index in [9.17, 15) is 4.79 Å². The van der Waals surface area contributed by atoms with E-state index in [0.717, 1.165) is 26.2 Å². The number of quaternary nitrogens is 2. The van der Waals surface area contributed by atoms with Crippen molar-refractivity contribution >= 4 is 5.78 Å². The third-order valence-electron chi connectivity index (χ3n) is 4.48. The van der Waals surface area contributed by atoms with Gasteiger partial charge in [-0.15, -0.1) is 0 Å². The van der Waals surface area contributed by atoms with Gasteiger partial charge in [-0.05, 0) is 12.5 Å². The summed E-state index contributed by atoms with van der Waals surface area (Å²) < 4.78 is 0. The molecule has 3 nitrogen and oxygen atoms in total. The molecule has 2 aliphatic heterocycles. The molecular formula is C14H20N2O+2. The summed E-state index contributed by atoms with van der Waals surface area (Å²) in [7, 11) is 0. The summed E-state index contributed by atoms with van der Waals surface area (Å²) in [5.74, 6) is 0.459. The number of nitrogens with two attached hydrogens (primary N) is 2. The molecule has 0 amide bonds. The minimum absolute atomic E-state index is 0.146. The van der Waals surface area contributed by atoms with Gasteiger partial charge in [0.1, 0.15) is 5.41 Å². The van der Waals surface area contributed by atoms with Crippen LogP contribution in [0.25, 0.3) is 0 Å². The van der Waals surface area contributed by atoms with Crippen LogP contribution >= 0.6 is 0 Å². The molecular weight excluding hydrogens is 212 g/mol. The first kappa shape index (κ1) is 10.9. The topological polar surface area (TPSA) is 50.3 Å². The van der Waals surface area contributed by atoms with Crippen LogP contribution < -0.4 is 10.6 Å². The van der Waals surface area contributed by atoms with Crippen LogP contribution in [0, 0.1) is 5.41 Å². The number of rotatable bonds is 1. The quantitative estimate of drug-likeness (QED) is 0.618. The average Bonchev–Trinajstić information content (AvgIpc) is 2.33. The zero-order chi connectivity index (χ0) is 11.9. The lowest BCUT2D eigenvalue weighted by molar-refractivity contribution is -0.737. The molecule has 2 saturated heterocycles. The number of piperidine rings is 2. The van der Waals surface area contributed by atoms with Gasteiger partial charge in [-0.25, -0.2) is 0 Å². The van der Waals surface area contributed by atoms with E-state index >= 15 is 0 Å². The third kappa shape index (κ3) is 1.46. The first-order valence-corrected chi connectivity index (χ1v) is 6.41. The molecule has 4 N–H and O–H groups in total. The Labute approximate surface area is 102 Å². The van der Waals surface area contributed by atoms with Crippen LogP contribution in [-0.2, 0) is 10.2 Å². The third-order valence-corrected chi connectivity index (χ3v) is 4.48. The fraction of sp³-hybridized carbons (Fsp3) is 0.500. The lowest BCUT2D eigenvalue weighted by atomic mass is 9.62. The van der Waals surface area contributed by atoms with Gasteiger partial charge in [-0.2, -0.15) is 0 Å². The van der Waals surface area contributed by atoms with E-state index in [1.165, 1.54) is 5.56 Å². The molecule has 17 heavy (non-hydrogen) atoms. The van der Waals surface area contributed by atoms with Crippen LogP contribution in [0.5, 0.6) is 0 Å². The summed E-state index contributed by atoms with van der Waals surface area (Å²) in [5.41, 5.74) is 0.793. The molecule has 0 radical (unpaired) electrons. The van der Waals surface area contributed by atoms with Crippen molar-refractivity contribution in [2.45, 2.75) is 12.3 Å². The predicted molar refractivity (Wildman–Crippen MR) is 64.6 cm³/mol. The van der Waals surface area contributed by atoms with Gasteiger partial charge in [-0.1, -0.05) is 30.3 Å². The van der Waals surface area contributed by atoms with Gasteiger partial charge in [0.05, 0.1) is 26.2 Å². The van der Waals surface area contributed by atoms with Crippen molar-refractivity contribution in [3.63, 3.8) is 0 Å². The molecule has 2 heterocycles. The van der Waals surface area contributed by atoms with Gasteiger partial charge < -0.3 is 10.6 Å². The van der Waals surface area contributed by atoms with Crippen LogP contribution in [-0.4, -0.2) is 32.0 Å². The molecule has 1 aromatic carbocycles. The molecule has 2 fully saturated rings. The standard InChI is InChI=1S/C14H18N2O/c1-13-7-15-9-14(12(13)17,10-16-8-13)11-5-3-2-4-6-11/h2-6,15-16H,7-10H2,1H3/p+2. The number of carbonyl (C=O) groups is 1. The van der Waals surface area contributed by atoms with Crippen molar-refractivity contribution in [2.75, 3.05) is 26.2 Å². The predicted octanol–water partition coefficient (Wildman–Crippen LogP) is -1.35. The Balaban J connectivity index is 2.09. The lowest BCUT2D eigenvalue weighted by Gasteiger charge is -2.45. The molecule has 2 bridgehead atoms. The van der Waals surface area contributed by atoms with E-state index in [4.69, 9.17) is 0 Å². The molecule has 3 rings (SSSR count). The molecule has 0 saturated carbocycles. The van der Waals surface area contributed by atoms with Gasteiger partial charge in [0.2, 0.25) is 0 Å². The number of hydrogen-bond acceptors (Lipinski definition) is 1. The van der Waals surface area contributed by atoms with E-state index in [1.54, 1.807) is 0 Å². The zero-order valence-electron chi connectivity index (χ0n) is 10.3. The molecule has 0 unspecified atom stereocenters. The van der Waals surface area contributed by atoms with E-state index in [2.05, 4.69) is 29.7 Å². The zero-order valence-corrected chi connectivity index (χ0v) is 10.3. The Kier molecular flexibility index (Phi) is 2.35. The van der Waals surface area contributed by atoms with E-state index in [1.807, 2.05) is 18.2 Å². The Bertz CT molecular complexity index is 431. The number of ketones is 1. The molecule has 0 aliphatic carbocycles. The lowest BCUT2D eigenvalue weighted by Crippen LogP contribution is -3.06. The van der Waals surface area contributed by atoms with Crippen LogP contribution in [0.4, 0.5) is 0 Å². The minimum Gasteiger partial charge on any atom is -0.344 e. The molecule has 0 aromatic heterocycles. The molecule has 3 heteroatoms. The first-order valence-electron chi connectivity index (χ1n) is 6.41. The monoisotopic (exact) mass is 232 g/mol. The minimum atomic E-state index is -0.257. The summed E-state index contributed by atoms with van der Waals surface area (Å²) in [6.45, 7) is 5.82. The Morgan fingerprint density at radius 1 is 1.00 bits per heavy atom. The summed E-state index contributed by atoms with van der Waals surface area (Å²) in [5, 5.41) is 4.64. The smallest absolute Gasteiger partial charge is 0.172 e. The van der Waals surface area contributed by atoms with Crippen LogP contribution in [0.2, 0.25) is 0 Å². The van der Waals surface area contributed by atoms with Crippen LogP contribution in [0.3, 0.4) is 0 Å². The second-order valence-corrected chi connectivity index (χ2v) is 5.73. The van der Waals surface area contributed by atoms with Gasteiger partial charge in [0.25, 0.3) is 0 Å². The average molecular weight is 232 g/mol. The van der Waals surface area contributed by atoms with Crippen molar-refractivity contribution in [1.29, 1.82) is 0 Å². The van der Waals surface area contributed by atoms with Crippen molar-refractivity contribution in [3.8, 4) is 0 Å². The molecule has 1 aromatic rings. The number of Topliss-reactive ketones (excluding diaryl/α,β-unsaturated/α-hetero) is 1. The Morgan fingerprint density at radius 2 is 1.59 bits per heavy atom. The van der Waals surface area contributed by atoms with Gasteiger partial charge in [0, 0.05) is 0 Å². The van der Waals surface area contributed by atoms with Gasteiger partial charge in [-0.3, -0.25) is 4.79 Å². The molecule has 0 spiro atoms. The summed E-state index contributed by atoms with van der Waals surface area (Å²) in [4.78, 5) is 12.8. The summed E-state index contributed by atoms with van der Waals surface area (Å²) in [6, 6.07) is 10.3. The normalized spacial score (nSPS) is 36.9. The van der Waals surface area contributed by atoms with Crippen molar-refractivity contribution in [1.82, 2.24) is 0 Å². The second kappa shape index (κ2) is 3.65. The van der Waals surface area contributed by atoms with Crippen molar-refractivity contribution in [3.05, 3.63) is 35.9 Å². The largest absolute Gasteiger partial charge is 0.344 e. The van der Waals surface area contributed by atoms with Crippen molar-refractivity contribution in [2.24, 2.45) is 5.41 Å². The maximum absolute atomic E-state index is 12.8. The van der Waals surface area contributed by atoms with E-state index in [0.29, 0.717) is 5.78 Å². The van der Waals surface area contributed by atoms with Gasteiger partial charge in [0.15, 0.2) is 11.2 Å². The fourth-order valence-electron chi connectivity index (χ4n) is 3.51. The number of fused-ring (bicyclic) bond motifs is 2. The summed E-state index contributed by atoms with van der Waals surface area (Å²) >= 11 is 0. The SMILES string of the molecule is CC12C[NH2+]CC(c3ccccc3)(C[NH2+]C1)C2=O. The number of hydrogen-bond donors (Lipinski definition) is 2. The maximum Gasteiger partial charge on any atom is 0.172 e. The van der Waals surface area contributed by atoms with E-state index < -0.39 is 0 Å². The highest BCUT2D eigenvalue weighted by molar-refractivity contribution is 5.96. The maximum atomic E-state index is 12.8. The highest BCUT2D eigenvalue weighted by Gasteiger charge is 2.59. The van der Waals surface area contributed by atoms with Crippen LogP contribution in [0.15, 0.2) is 30.3 Å². The highest BCUT2D eigenvalue weighted by Crippen LogP contribution is 2.34. The molecule has 0 atom stereocenters. The van der Waals surface area contributed by atoms with Gasteiger partial charge >= 0.3 is 0 Å². The summed E-state index contributed by atoms with van der Waals surface area (Å²) in [6.07, 6.45) is 0. The molecule has 2 aliphatic rings. The molecule has 90 valence electrons. The highest BCUT2D eigenvalue weighted by atomic mass is 16.1. The second-order valence-electron chi connectivity index (χ2n) is 5.73. The van der Waals surface area contributed by atoms with Crippen LogP contribution in [0.1, 0.15) is 12.5 Å². The Hall–Kier alpha value is -1.19. The first-order chi connectivity index (χ1) is 8.17. The van der Waals surface area contributed by atoms with Crippen molar-refractivity contribution < 1.29 is 15.4 Å². The van der Waals surface area contributed by atoms with E-state index in [-0.39, 0.29) is 10.8 Å². The Morgan fingerprint density at radius 3 is 2.18 bits per heavy atom. The number of carbonyl (C=O) groups excluding carboxylic acids is 1. The fourth-order valence-corrected chi connectivity index (χ4v) is 3.51. The number of benzene rings is 1.